The fraction of sp³-hybridized carbons (Fsp3) is 0.263. The SMILES string of the molecule is Cc1ccc(CN2CCn3nc(-c4cccnc4)cc3C2)cc1. The van der Waals surface area contributed by atoms with Gasteiger partial charge in [0.05, 0.1) is 17.9 Å². The van der Waals surface area contributed by atoms with E-state index < -0.39 is 0 Å². The van der Waals surface area contributed by atoms with Crippen LogP contribution < -0.4 is 0 Å². The van der Waals surface area contributed by atoms with Gasteiger partial charge in [0.15, 0.2) is 0 Å². The van der Waals surface area contributed by atoms with E-state index in [9.17, 15) is 0 Å². The molecule has 0 aliphatic carbocycles. The number of rotatable bonds is 3. The molecule has 4 nitrogen and oxygen atoms in total. The largest absolute Gasteiger partial charge is 0.291 e. The maximum atomic E-state index is 4.72. The Kier molecular flexibility index (Phi) is 3.67. The highest BCUT2D eigenvalue weighted by atomic mass is 15.3. The van der Waals surface area contributed by atoms with E-state index in [1.54, 1.807) is 6.20 Å². The molecule has 116 valence electrons. The van der Waals surface area contributed by atoms with Crippen molar-refractivity contribution >= 4 is 0 Å². The predicted molar refractivity (Wildman–Crippen MR) is 90.8 cm³/mol. The summed E-state index contributed by atoms with van der Waals surface area (Å²) in [5.74, 6) is 0. The van der Waals surface area contributed by atoms with Gasteiger partial charge in [0.2, 0.25) is 0 Å². The topological polar surface area (TPSA) is 34.0 Å². The molecule has 0 spiro atoms. The van der Waals surface area contributed by atoms with Crippen molar-refractivity contribution in [2.45, 2.75) is 26.6 Å². The van der Waals surface area contributed by atoms with Crippen molar-refractivity contribution in [3.8, 4) is 11.3 Å². The van der Waals surface area contributed by atoms with Crippen molar-refractivity contribution in [3.05, 3.63) is 71.7 Å². The van der Waals surface area contributed by atoms with Crippen LogP contribution >= 0.6 is 0 Å². The van der Waals surface area contributed by atoms with E-state index in [-0.39, 0.29) is 0 Å². The molecule has 23 heavy (non-hydrogen) atoms. The van der Waals surface area contributed by atoms with Crippen molar-refractivity contribution in [2.75, 3.05) is 6.54 Å². The van der Waals surface area contributed by atoms with Crippen molar-refractivity contribution in [2.24, 2.45) is 0 Å². The lowest BCUT2D eigenvalue weighted by Crippen LogP contribution is -2.33. The Morgan fingerprint density at radius 2 is 1.96 bits per heavy atom. The van der Waals surface area contributed by atoms with Crippen LogP contribution in [0.1, 0.15) is 16.8 Å². The van der Waals surface area contributed by atoms with Gasteiger partial charge in [0, 0.05) is 37.6 Å². The molecule has 1 aliphatic rings. The minimum Gasteiger partial charge on any atom is -0.291 e. The first-order chi connectivity index (χ1) is 11.3. The summed E-state index contributed by atoms with van der Waals surface area (Å²) in [7, 11) is 0. The molecule has 0 fully saturated rings. The Bertz CT molecular complexity index is 790. The molecule has 0 bridgehead atoms. The van der Waals surface area contributed by atoms with Crippen LogP contribution in [0.4, 0.5) is 0 Å². The van der Waals surface area contributed by atoms with Crippen LogP contribution in [0.15, 0.2) is 54.9 Å². The summed E-state index contributed by atoms with van der Waals surface area (Å²) in [5.41, 5.74) is 6.06. The molecular weight excluding hydrogens is 284 g/mol. The minimum atomic E-state index is 0.946. The summed E-state index contributed by atoms with van der Waals surface area (Å²) >= 11 is 0. The fourth-order valence-electron chi connectivity index (χ4n) is 3.06. The summed E-state index contributed by atoms with van der Waals surface area (Å²) in [6.07, 6.45) is 3.67. The average Bonchev–Trinajstić information content (AvgIpc) is 3.01. The Labute approximate surface area is 136 Å². The number of aromatic nitrogens is 3. The third-order valence-corrected chi connectivity index (χ3v) is 4.36. The van der Waals surface area contributed by atoms with Crippen LogP contribution in [-0.2, 0) is 19.6 Å². The van der Waals surface area contributed by atoms with Crippen molar-refractivity contribution in [1.82, 2.24) is 19.7 Å². The van der Waals surface area contributed by atoms with E-state index in [1.807, 2.05) is 12.3 Å². The van der Waals surface area contributed by atoms with Crippen LogP contribution in [-0.4, -0.2) is 26.2 Å². The number of pyridine rings is 1. The van der Waals surface area contributed by atoms with Gasteiger partial charge in [0.25, 0.3) is 0 Å². The molecule has 2 aromatic heterocycles. The Balaban J connectivity index is 1.51. The number of benzene rings is 1. The van der Waals surface area contributed by atoms with Gasteiger partial charge in [-0.25, -0.2) is 0 Å². The summed E-state index contributed by atoms with van der Waals surface area (Å²) in [6.45, 7) is 6.05. The molecule has 0 atom stereocenters. The molecule has 0 N–H and O–H groups in total. The maximum Gasteiger partial charge on any atom is 0.0942 e. The molecule has 4 heteroatoms. The minimum absolute atomic E-state index is 0.946. The van der Waals surface area contributed by atoms with Gasteiger partial charge >= 0.3 is 0 Å². The van der Waals surface area contributed by atoms with Crippen molar-refractivity contribution in [3.63, 3.8) is 0 Å². The molecule has 0 saturated carbocycles. The molecule has 1 aromatic carbocycles. The van der Waals surface area contributed by atoms with Crippen LogP contribution in [0.5, 0.6) is 0 Å². The second-order valence-electron chi connectivity index (χ2n) is 6.18. The first-order valence-electron chi connectivity index (χ1n) is 8.03. The Hall–Kier alpha value is -2.46. The second-order valence-corrected chi connectivity index (χ2v) is 6.18. The molecule has 0 amide bonds. The smallest absolute Gasteiger partial charge is 0.0942 e. The summed E-state index contributed by atoms with van der Waals surface area (Å²) in [4.78, 5) is 6.67. The number of hydrogen-bond acceptors (Lipinski definition) is 3. The fourth-order valence-corrected chi connectivity index (χ4v) is 3.06. The van der Waals surface area contributed by atoms with Crippen molar-refractivity contribution < 1.29 is 0 Å². The monoisotopic (exact) mass is 304 g/mol. The van der Waals surface area contributed by atoms with Crippen LogP contribution in [0, 0.1) is 6.92 Å². The van der Waals surface area contributed by atoms with Gasteiger partial charge in [-0.05, 0) is 30.7 Å². The van der Waals surface area contributed by atoms with Gasteiger partial charge in [-0.1, -0.05) is 29.8 Å². The van der Waals surface area contributed by atoms with Crippen molar-refractivity contribution in [1.29, 1.82) is 0 Å². The number of fused-ring (bicyclic) bond motifs is 1. The highest BCUT2D eigenvalue weighted by molar-refractivity contribution is 5.57. The first kappa shape index (κ1) is 14.2. The molecule has 0 saturated heterocycles. The van der Waals surface area contributed by atoms with E-state index >= 15 is 0 Å². The zero-order valence-corrected chi connectivity index (χ0v) is 13.3. The lowest BCUT2D eigenvalue weighted by molar-refractivity contribution is 0.205. The molecule has 1 aliphatic heterocycles. The quantitative estimate of drug-likeness (QED) is 0.745. The summed E-state index contributed by atoms with van der Waals surface area (Å²) in [6, 6.07) is 15.0. The van der Waals surface area contributed by atoms with E-state index in [0.717, 1.165) is 37.4 Å². The van der Waals surface area contributed by atoms with E-state index in [2.05, 4.69) is 57.9 Å². The Morgan fingerprint density at radius 1 is 1.09 bits per heavy atom. The van der Waals surface area contributed by atoms with Gasteiger partial charge in [-0.15, -0.1) is 0 Å². The maximum absolute atomic E-state index is 4.72. The second kappa shape index (κ2) is 5.97. The highest BCUT2D eigenvalue weighted by Gasteiger charge is 2.19. The van der Waals surface area contributed by atoms with E-state index in [1.165, 1.54) is 16.8 Å². The van der Waals surface area contributed by atoms with Gasteiger partial charge in [0.1, 0.15) is 0 Å². The van der Waals surface area contributed by atoms with E-state index in [4.69, 9.17) is 5.10 Å². The summed E-state index contributed by atoms with van der Waals surface area (Å²) < 4.78 is 2.13. The number of hydrogen-bond donors (Lipinski definition) is 0. The number of nitrogens with zero attached hydrogens (tertiary/aromatic N) is 4. The normalized spacial score (nSPS) is 14.7. The average molecular weight is 304 g/mol. The van der Waals surface area contributed by atoms with E-state index in [0.29, 0.717) is 0 Å². The zero-order chi connectivity index (χ0) is 15.6. The summed E-state index contributed by atoms with van der Waals surface area (Å²) in [5, 5.41) is 4.72. The van der Waals surface area contributed by atoms with Crippen LogP contribution in [0.3, 0.4) is 0 Å². The molecule has 3 heterocycles. The zero-order valence-electron chi connectivity index (χ0n) is 13.3. The van der Waals surface area contributed by atoms with Crippen LogP contribution in [0.25, 0.3) is 11.3 Å². The standard InChI is InChI=1S/C19H20N4/c1-15-4-6-16(7-5-15)13-22-9-10-23-18(14-22)11-19(21-23)17-3-2-8-20-12-17/h2-8,11-12H,9-10,13-14H2,1H3. The van der Waals surface area contributed by atoms with Gasteiger partial charge in [-0.3, -0.25) is 14.6 Å². The molecule has 0 radical (unpaired) electrons. The predicted octanol–water partition coefficient (Wildman–Crippen LogP) is 3.27. The third-order valence-electron chi connectivity index (χ3n) is 4.36. The lowest BCUT2D eigenvalue weighted by atomic mass is 10.1. The highest BCUT2D eigenvalue weighted by Crippen LogP contribution is 2.22. The third kappa shape index (κ3) is 3.03. The molecule has 3 aromatic rings. The Morgan fingerprint density at radius 3 is 2.74 bits per heavy atom. The molecule has 0 unspecified atom stereocenters. The van der Waals surface area contributed by atoms with Gasteiger partial charge in [-0.2, -0.15) is 5.10 Å². The molecule has 4 rings (SSSR count). The van der Waals surface area contributed by atoms with Crippen LogP contribution in [0.2, 0.25) is 0 Å². The lowest BCUT2D eigenvalue weighted by Gasteiger charge is -2.27. The van der Waals surface area contributed by atoms with Gasteiger partial charge < -0.3 is 0 Å². The molecular formula is C19H20N4. The first-order valence-corrected chi connectivity index (χ1v) is 8.03. The number of aryl methyl sites for hydroxylation is 1.